The van der Waals surface area contributed by atoms with Crippen LogP contribution >= 0.6 is 0 Å². The molecule has 128 valence electrons. The SMILES string of the molecule is CCCC(Cc1cc(CC)c(-c2ccccc2)nn1)c1ccccc1. The van der Waals surface area contributed by atoms with Crippen LogP contribution in [0.25, 0.3) is 11.3 Å². The summed E-state index contributed by atoms with van der Waals surface area (Å²) in [4.78, 5) is 0. The maximum absolute atomic E-state index is 4.58. The molecule has 0 aliphatic carbocycles. The summed E-state index contributed by atoms with van der Waals surface area (Å²) in [6.45, 7) is 4.44. The zero-order valence-electron chi connectivity index (χ0n) is 15.2. The van der Waals surface area contributed by atoms with Crippen LogP contribution in [0.3, 0.4) is 0 Å². The van der Waals surface area contributed by atoms with E-state index in [9.17, 15) is 0 Å². The highest BCUT2D eigenvalue weighted by Gasteiger charge is 2.14. The summed E-state index contributed by atoms with van der Waals surface area (Å²) in [5.74, 6) is 0.507. The summed E-state index contributed by atoms with van der Waals surface area (Å²) < 4.78 is 0. The minimum absolute atomic E-state index is 0.507. The van der Waals surface area contributed by atoms with Gasteiger partial charge in [-0.2, -0.15) is 5.10 Å². The lowest BCUT2D eigenvalue weighted by Crippen LogP contribution is -2.07. The Bertz CT molecular complexity index is 782. The Kier molecular flexibility index (Phi) is 5.95. The van der Waals surface area contributed by atoms with Crippen molar-refractivity contribution < 1.29 is 0 Å². The molecule has 1 heterocycles. The van der Waals surface area contributed by atoms with Crippen molar-refractivity contribution in [3.05, 3.63) is 83.6 Å². The Balaban J connectivity index is 1.87. The van der Waals surface area contributed by atoms with E-state index in [1.807, 2.05) is 6.07 Å². The van der Waals surface area contributed by atoms with Crippen molar-refractivity contribution in [2.75, 3.05) is 0 Å². The number of hydrogen-bond acceptors (Lipinski definition) is 2. The van der Waals surface area contributed by atoms with Gasteiger partial charge in [-0.3, -0.25) is 0 Å². The Morgan fingerprint density at radius 1 is 0.840 bits per heavy atom. The zero-order valence-corrected chi connectivity index (χ0v) is 15.2. The molecule has 0 aliphatic rings. The highest BCUT2D eigenvalue weighted by atomic mass is 15.1. The highest BCUT2D eigenvalue weighted by molar-refractivity contribution is 5.62. The molecule has 0 saturated heterocycles. The van der Waals surface area contributed by atoms with Gasteiger partial charge in [0.15, 0.2) is 0 Å². The fraction of sp³-hybridized carbons (Fsp3) is 0.304. The van der Waals surface area contributed by atoms with E-state index in [2.05, 4.69) is 84.7 Å². The number of nitrogens with zero attached hydrogens (tertiary/aromatic N) is 2. The smallest absolute Gasteiger partial charge is 0.0961 e. The van der Waals surface area contributed by atoms with Crippen LogP contribution in [0.15, 0.2) is 66.7 Å². The molecular formula is C23H26N2. The first kappa shape index (κ1) is 17.3. The first-order valence-corrected chi connectivity index (χ1v) is 9.27. The molecule has 3 aromatic rings. The summed E-state index contributed by atoms with van der Waals surface area (Å²) in [5.41, 5.74) is 5.93. The highest BCUT2D eigenvalue weighted by Crippen LogP contribution is 2.27. The van der Waals surface area contributed by atoms with Gasteiger partial charge in [0.05, 0.1) is 11.4 Å². The number of aromatic nitrogens is 2. The van der Waals surface area contributed by atoms with Gasteiger partial charge in [0.1, 0.15) is 0 Å². The Morgan fingerprint density at radius 2 is 1.52 bits per heavy atom. The maximum atomic E-state index is 4.58. The minimum Gasteiger partial charge on any atom is -0.155 e. The molecule has 0 N–H and O–H groups in total. The van der Waals surface area contributed by atoms with E-state index >= 15 is 0 Å². The number of hydrogen-bond donors (Lipinski definition) is 0. The van der Waals surface area contributed by atoms with Gasteiger partial charge in [0.25, 0.3) is 0 Å². The van der Waals surface area contributed by atoms with Crippen molar-refractivity contribution in [1.29, 1.82) is 0 Å². The minimum atomic E-state index is 0.507. The largest absolute Gasteiger partial charge is 0.155 e. The molecular weight excluding hydrogens is 304 g/mol. The molecule has 2 heteroatoms. The average molecular weight is 330 g/mol. The second-order valence-corrected chi connectivity index (χ2v) is 6.53. The molecule has 1 aromatic heterocycles. The fourth-order valence-corrected chi connectivity index (χ4v) is 3.40. The summed E-state index contributed by atoms with van der Waals surface area (Å²) in [6, 6.07) is 23.4. The van der Waals surface area contributed by atoms with Gasteiger partial charge < -0.3 is 0 Å². The average Bonchev–Trinajstić information content (AvgIpc) is 2.69. The lowest BCUT2D eigenvalue weighted by atomic mass is 9.89. The molecule has 1 atom stereocenters. The summed E-state index contributed by atoms with van der Waals surface area (Å²) >= 11 is 0. The summed E-state index contributed by atoms with van der Waals surface area (Å²) in [6.07, 6.45) is 4.27. The molecule has 0 amide bonds. The quantitative estimate of drug-likeness (QED) is 0.544. The second-order valence-electron chi connectivity index (χ2n) is 6.53. The van der Waals surface area contributed by atoms with Crippen molar-refractivity contribution in [3.8, 4) is 11.3 Å². The molecule has 0 saturated carbocycles. The third kappa shape index (κ3) is 4.33. The van der Waals surface area contributed by atoms with Gasteiger partial charge >= 0.3 is 0 Å². The van der Waals surface area contributed by atoms with Crippen molar-refractivity contribution in [3.63, 3.8) is 0 Å². The van der Waals surface area contributed by atoms with Gasteiger partial charge in [0, 0.05) is 5.56 Å². The summed E-state index contributed by atoms with van der Waals surface area (Å²) in [5, 5.41) is 9.14. The Morgan fingerprint density at radius 3 is 2.16 bits per heavy atom. The molecule has 3 rings (SSSR count). The predicted octanol–water partition coefficient (Wildman–Crippen LogP) is 5.83. The van der Waals surface area contributed by atoms with Crippen LogP contribution in [0.2, 0.25) is 0 Å². The lowest BCUT2D eigenvalue weighted by Gasteiger charge is -2.17. The fourth-order valence-electron chi connectivity index (χ4n) is 3.40. The van der Waals surface area contributed by atoms with Crippen molar-refractivity contribution in [2.45, 2.75) is 45.4 Å². The van der Waals surface area contributed by atoms with Crippen LogP contribution in [-0.4, -0.2) is 10.2 Å². The van der Waals surface area contributed by atoms with Crippen LogP contribution < -0.4 is 0 Å². The van der Waals surface area contributed by atoms with E-state index in [1.165, 1.54) is 24.0 Å². The van der Waals surface area contributed by atoms with Gasteiger partial charge in [-0.15, -0.1) is 5.10 Å². The molecule has 0 bridgehead atoms. The van der Waals surface area contributed by atoms with E-state index in [-0.39, 0.29) is 0 Å². The third-order valence-electron chi connectivity index (χ3n) is 4.72. The molecule has 0 fully saturated rings. The van der Waals surface area contributed by atoms with Crippen molar-refractivity contribution >= 4 is 0 Å². The molecule has 2 nitrogen and oxygen atoms in total. The Labute approximate surface area is 151 Å². The standard InChI is InChI=1S/C23H26N2/c1-3-11-21(19-12-7-5-8-13-19)17-22-16-18(4-2)23(25-24-22)20-14-9-6-10-15-20/h5-10,12-16,21H,3-4,11,17H2,1-2H3. The number of aryl methyl sites for hydroxylation is 1. The second kappa shape index (κ2) is 8.57. The molecule has 25 heavy (non-hydrogen) atoms. The van der Waals surface area contributed by atoms with Crippen LogP contribution in [0, 0.1) is 0 Å². The third-order valence-corrected chi connectivity index (χ3v) is 4.72. The molecule has 0 spiro atoms. The molecule has 2 aromatic carbocycles. The van der Waals surface area contributed by atoms with E-state index in [0.29, 0.717) is 5.92 Å². The molecule has 0 aliphatic heterocycles. The van der Waals surface area contributed by atoms with Gasteiger partial charge in [-0.05, 0) is 42.4 Å². The lowest BCUT2D eigenvalue weighted by molar-refractivity contribution is 0.598. The van der Waals surface area contributed by atoms with Gasteiger partial charge in [-0.25, -0.2) is 0 Å². The Hall–Kier alpha value is -2.48. The van der Waals surface area contributed by atoms with E-state index < -0.39 is 0 Å². The van der Waals surface area contributed by atoms with Crippen LogP contribution in [0.5, 0.6) is 0 Å². The van der Waals surface area contributed by atoms with Gasteiger partial charge in [-0.1, -0.05) is 80.9 Å². The van der Waals surface area contributed by atoms with E-state index in [0.717, 1.165) is 29.8 Å². The number of benzene rings is 2. The zero-order chi connectivity index (χ0) is 17.5. The number of rotatable bonds is 7. The molecule has 0 radical (unpaired) electrons. The first-order chi connectivity index (χ1) is 12.3. The van der Waals surface area contributed by atoms with E-state index in [1.54, 1.807) is 0 Å². The molecule has 1 unspecified atom stereocenters. The summed E-state index contributed by atoms with van der Waals surface area (Å²) in [7, 11) is 0. The monoisotopic (exact) mass is 330 g/mol. The van der Waals surface area contributed by atoms with Crippen molar-refractivity contribution in [2.24, 2.45) is 0 Å². The van der Waals surface area contributed by atoms with E-state index in [4.69, 9.17) is 0 Å². The van der Waals surface area contributed by atoms with Gasteiger partial charge in [0.2, 0.25) is 0 Å². The normalized spacial score (nSPS) is 12.1. The topological polar surface area (TPSA) is 25.8 Å². The van der Waals surface area contributed by atoms with Crippen LogP contribution in [0.1, 0.15) is 49.4 Å². The maximum Gasteiger partial charge on any atom is 0.0961 e. The predicted molar refractivity (Wildman–Crippen MR) is 105 cm³/mol. The van der Waals surface area contributed by atoms with Crippen LogP contribution in [-0.2, 0) is 12.8 Å². The van der Waals surface area contributed by atoms with Crippen LogP contribution in [0.4, 0.5) is 0 Å². The van der Waals surface area contributed by atoms with Crippen molar-refractivity contribution in [1.82, 2.24) is 10.2 Å². The first-order valence-electron chi connectivity index (χ1n) is 9.27.